The van der Waals surface area contributed by atoms with Crippen molar-refractivity contribution in [1.29, 1.82) is 0 Å². The molecule has 1 aromatic carbocycles. The number of hydrogen-bond acceptors (Lipinski definition) is 6. The Bertz CT molecular complexity index is 587. The van der Waals surface area contributed by atoms with E-state index in [0.717, 1.165) is 0 Å². The fraction of sp³-hybridized carbons (Fsp3) is 0.385. The van der Waals surface area contributed by atoms with Gasteiger partial charge in [0, 0.05) is 19.4 Å². The third kappa shape index (κ3) is 3.91. The number of benzene rings is 1. The lowest BCUT2D eigenvalue weighted by molar-refractivity contribution is -0.384. The highest BCUT2D eigenvalue weighted by molar-refractivity contribution is 5.87. The fourth-order valence-electron chi connectivity index (χ4n) is 2.05. The summed E-state index contributed by atoms with van der Waals surface area (Å²) < 4.78 is 4.68. The monoisotopic (exact) mass is 295 g/mol. The number of nitro benzene ring substituents is 1. The minimum Gasteiger partial charge on any atom is -0.467 e. The second-order valence-corrected chi connectivity index (χ2v) is 4.83. The van der Waals surface area contributed by atoms with E-state index >= 15 is 0 Å². The average molecular weight is 295 g/mol. The van der Waals surface area contributed by atoms with Crippen molar-refractivity contribution in [1.82, 2.24) is 5.32 Å². The first-order chi connectivity index (χ1) is 9.69. The molecule has 8 heteroatoms. The maximum atomic E-state index is 11.9. The first-order valence-corrected chi connectivity index (χ1v) is 6.09. The van der Waals surface area contributed by atoms with E-state index in [4.69, 9.17) is 5.73 Å². The molecule has 8 nitrogen and oxygen atoms in total. The van der Waals surface area contributed by atoms with Crippen LogP contribution in [0.2, 0.25) is 0 Å². The van der Waals surface area contributed by atoms with E-state index in [9.17, 15) is 19.7 Å². The topological polar surface area (TPSA) is 125 Å². The Hall–Kier alpha value is -2.64. The predicted octanol–water partition coefficient (Wildman–Crippen LogP) is 0.787. The number of anilines is 1. The quantitative estimate of drug-likeness (QED) is 0.358. The molecule has 1 aromatic rings. The highest BCUT2D eigenvalue weighted by atomic mass is 16.6. The maximum Gasteiger partial charge on any atom is 0.331 e. The molecular formula is C13H17N3O5. The van der Waals surface area contributed by atoms with Crippen molar-refractivity contribution < 1.29 is 19.2 Å². The van der Waals surface area contributed by atoms with Gasteiger partial charge in [0.25, 0.3) is 5.69 Å². The normalized spacial score (nSPS) is 13.1. The number of nitrogens with zero attached hydrogens (tertiary/aromatic N) is 1. The van der Waals surface area contributed by atoms with Gasteiger partial charge in [-0.1, -0.05) is 6.07 Å². The smallest absolute Gasteiger partial charge is 0.331 e. The van der Waals surface area contributed by atoms with Gasteiger partial charge in [-0.25, -0.2) is 4.79 Å². The van der Waals surface area contributed by atoms with Crippen molar-refractivity contribution in [2.45, 2.75) is 25.8 Å². The lowest BCUT2D eigenvalue weighted by Gasteiger charge is -2.27. The molecule has 114 valence electrons. The van der Waals surface area contributed by atoms with Crippen LogP contribution < -0.4 is 11.1 Å². The molecule has 0 saturated heterocycles. The Morgan fingerprint density at radius 2 is 2.10 bits per heavy atom. The van der Waals surface area contributed by atoms with Gasteiger partial charge in [0.05, 0.1) is 12.0 Å². The number of carbonyl (C=O) groups is 2. The number of nitrogens with two attached hydrogens (primary N) is 1. The minimum absolute atomic E-state index is 0.0306. The zero-order chi connectivity index (χ0) is 16.2. The summed E-state index contributed by atoms with van der Waals surface area (Å²) in [6.45, 7) is 2.76. The third-order valence-electron chi connectivity index (χ3n) is 2.94. The van der Waals surface area contributed by atoms with Crippen molar-refractivity contribution >= 4 is 23.3 Å². The molecule has 3 N–H and O–H groups in total. The summed E-state index contributed by atoms with van der Waals surface area (Å²) in [5.41, 5.74) is 4.47. The van der Waals surface area contributed by atoms with Crippen molar-refractivity contribution in [2.75, 3.05) is 12.8 Å². The second kappa shape index (κ2) is 6.21. The van der Waals surface area contributed by atoms with Crippen LogP contribution >= 0.6 is 0 Å². The van der Waals surface area contributed by atoms with E-state index < -0.39 is 22.3 Å². The minimum atomic E-state index is -1.31. The van der Waals surface area contributed by atoms with Crippen molar-refractivity contribution in [3.8, 4) is 0 Å². The van der Waals surface area contributed by atoms with Crippen LogP contribution in [-0.2, 0) is 20.7 Å². The van der Waals surface area contributed by atoms with E-state index in [1.54, 1.807) is 6.07 Å². The van der Waals surface area contributed by atoms with Crippen LogP contribution in [0, 0.1) is 10.1 Å². The number of ether oxygens (including phenoxy) is 1. The van der Waals surface area contributed by atoms with Gasteiger partial charge in [0.15, 0.2) is 0 Å². The summed E-state index contributed by atoms with van der Waals surface area (Å²) >= 11 is 0. The average Bonchev–Trinajstić information content (AvgIpc) is 2.38. The molecule has 0 heterocycles. The molecule has 0 radical (unpaired) electrons. The highest BCUT2D eigenvalue weighted by Crippen LogP contribution is 2.25. The van der Waals surface area contributed by atoms with E-state index in [2.05, 4.69) is 10.1 Å². The first-order valence-electron chi connectivity index (χ1n) is 6.09. The van der Waals surface area contributed by atoms with Gasteiger partial charge < -0.3 is 15.8 Å². The fourth-order valence-corrected chi connectivity index (χ4v) is 2.05. The molecule has 21 heavy (non-hydrogen) atoms. The van der Waals surface area contributed by atoms with E-state index in [0.29, 0.717) is 5.56 Å². The summed E-state index contributed by atoms with van der Waals surface area (Å²) in [5, 5.41) is 13.4. The zero-order valence-corrected chi connectivity index (χ0v) is 12.0. The van der Waals surface area contributed by atoms with Crippen molar-refractivity contribution in [2.24, 2.45) is 0 Å². The van der Waals surface area contributed by atoms with Crippen LogP contribution in [0.15, 0.2) is 18.2 Å². The number of rotatable bonds is 5. The molecule has 0 aliphatic heterocycles. The Morgan fingerprint density at radius 3 is 2.57 bits per heavy atom. The first kappa shape index (κ1) is 16.4. The molecular weight excluding hydrogens is 278 g/mol. The lowest BCUT2D eigenvalue weighted by Crippen LogP contribution is -2.53. The van der Waals surface area contributed by atoms with Gasteiger partial charge in [0.2, 0.25) is 5.91 Å². The van der Waals surface area contributed by atoms with Gasteiger partial charge in [-0.3, -0.25) is 14.9 Å². The van der Waals surface area contributed by atoms with Gasteiger partial charge in [-0.2, -0.15) is 0 Å². The van der Waals surface area contributed by atoms with Gasteiger partial charge in [-0.15, -0.1) is 0 Å². The molecule has 1 amide bonds. The highest BCUT2D eigenvalue weighted by Gasteiger charge is 2.36. The molecule has 0 unspecified atom stereocenters. The van der Waals surface area contributed by atoms with E-state index in [1.807, 2.05) is 0 Å². The number of methoxy groups -OCH3 is 1. The molecule has 0 spiro atoms. The van der Waals surface area contributed by atoms with Crippen LogP contribution in [0.3, 0.4) is 0 Å². The SMILES string of the molecule is COC(=O)[C@@](C)(Cc1ccc(N)c([N+](=O)[O-])c1)NC(C)=O. The summed E-state index contributed by atoms with van der Waals surface area (Å²) in [4.78, 5) is 33.4. The molecule has 0 saturated carbocycles. The van der Waals surface area contributed by atoms with Crippen LogP contribution in [0.4, 0.5) is 11.4 Å². The number of nitrogens with one attached hydrogen (secondary N) is 1. The number of nitrogen functional groups attached to an aromatic ring is 1. The van der Waals surface area contributed by atoms with Gasteiger partial charge >= 0.3 is 5.97 Å². The number of nitro groups is 1. The van der Waals surface area contributed by atoms with Gasteiger partial charge in [-0.05, 0) is 18.6 Å². The van der Waals surface area contributed by atoms with Crippen LogP contribution in [-0.4, -0.2) is 29.4 Å². The summed E-state index contributed by atoms with van der Waals surface area (Å²) in [7, 11) is 1.20. The number of esters is 1. The Labute approximate surface area is 121 Å². The Balaban J connectivity index is 3.15. The standard InChI is InChI=1S/C13H17N3O5/c1-8(17)15-13(2,12(18)21-3)7-9-4-5-10(14)11(6-9)16(19)20/h4-6H,7,14H2,1-3H3,(H,15,17)/t13-/m1/s1. The van der Waals surface area contributed by atoms with Crippen molar-refractivity contribution in [3.63, 3.8) is 0 Å². The third-order valence-corrected chi connectivity index (χ3v) is 2.94. The van der Waals surface area contributed by atoms with Gasteiger partial charge in [0.1, 0.15) is 11.2 Å². The second-order valence-electron chi connectivity index (χ2n) is 4.83. The number of carbonyl (C=O) groups excluding carboxylic acids is 2. The van der Waals surface area contributed by atoms with Crippen LogP contribution in [0.1, 0.15) is 19.4 Å². The summed E-state index contributed by atoms with van der Waals surface area (Å²) in [6, 6.07) is 4.22. The molecule has 1 rings (SSSR count). The zero-order valence-electron chi connectivity index (χ0n) is 12.0. The summed E-state index contributed by atoms with van der Waals surface area (Å²) in [5.74, 6) is -1.05. The van der Waals surface area contributed by atoms with Crippen LogP contribution in [0.5, 0.6) is 0 Å². The van der Waals surface area contributed by atoms with E-state index in [1.165, 1.54) is 33.1 Å². The Morgan fingerprint density at radius 1 is 1.48 bits per heavy atom. The Kier molecular flexibility index (Phi) is 4.85. The van der Waals surface area contributed by atoms with Crippen molar-refractivity contribution in [3.05, 3.63) is 33.9 Å². The molecule has 0 aromatic heterocycles. The molecule has 0 aliphatic rings. The number of amides is 1. The molecule has 1 atom stereocenters. The molecule has 0 fully saturated rings. The molecule has 0 bridgehead atoms. The molecule has 0 aliphatic carbocycles. The maximum absolute atomic E-state index is 11.9. The predicted molar refractivity (Wildman–Crippen MR) is 75.5 cm³/mol. The largest absolute Gasteiger partial charge is 0.467 e. The van der Waals surface area contributed by atoms with Crippen LogP contribution in [0.25, 0.3) is 0 Å². The number of hydrogen-bond donors (Lipinski definition) is 2. The lowest BCUT2D eigenvalue weighted by atomic mass is 9.92. The van der Waals surface area contributed by atoms with E-state index in [-0.39, 0.29) is 17.8 Å². The summed E-state index contributed by atoms with van der Waals surface area (Å²) in [6.07, 6.45) is 0.0420.